The lowest BCUT2D eigenvalue weighted by Gasteiger charge is -2.37. The molecule has 0 unspecified atom stereocenters. The lowest BCUT2D eigenvalue weighted by atomic mass is 9.97. The number of benzene rings is 3. The third-order valence-electron chi connectivity index (χ3n) is 18.2. The van der Waals surface area contributed by atoms with Crippen LogP contribution < -0.4 is 21.3 Å². The van der Waals surface area contributed by atoms with Crippen molar-refractivity contribution in [2.75, 3.05) is 82.1 Å². The topological polar surface area (TPSA) is 303 Å². The van der Waals surface area contributed by atoms with E-state index < -0.39 is 151 Å². The normalized spacial score (nSPS) is 23.6. The second kappa shape index (κ2) is 37.0. The molecule has 0 bridgehead atoms. The molecule has 97 heavy (non-hydrogen) atoms. The van der Waals surface area contributed by atoms with Crippen molar-refractivity contribution in [2.24, 2.45) is 17.8 Å². The van der Waals surface area contributed by atoms with Crippen LogP contribution in [-0.4, -0.2) is 240 Å². The first-order valence-electron chi connectivity index (χ1n) is 33.3. The molecule has 2 aliphatic rings. The molecule has 9 atom stereocenters. The third-order valence-corrected chi connectivity index (χ3v) is 18.5. The van der Waals surface area contributed by atoms with Gasteiger partial charge >= 0.3 is 0 Å². The van der Waals surface area contributed by atoms with Gasteiger partial charge in [0, 0.05) is 86.7 Å². The molecule has 0 saturated carbocycles. The first kappa shape index (κ1) is 78.8. The summed E-state index contributed by atoms with van der Waals surface area (Å²) >= 11 is 6.23. The summed E-state index contributed by atoms with van der Waals surface area (Å²) < 4.78 is 0. The summed E-state index contributed by atoms with van der Waals surface area (Å²) in [4.78, 5) is 186. The predicted molar refractivity (Wildman–Crippen MR) is 366 cm³/mol. The molecule has 12 amide bonds. The van der Waals surface area contributed by atoms with Crippen LogP contribution in [0.25, 0.3) is 0 Å². The number of piperidine rings is 1. The zero-order valence-corrected chi connectivity index (χ0v) is 59.5. The highest BCUT2D eigenvalue weighted by Crippen LogP contribution is 2.23. The fourth-order valence-corrected chi connectivity index (χ4v) is 11.9. The molecule has 2 aliphatic heterocycles. The Hall–Kier alpha value is -8.92. The van der Waals surface area contributed by atoms with Crippen molar-refractivity contribution in [1.29, 1.82) is 5.26 Å². The number of halogens is 1. The predicted octanol–water partition coefficient (Wildman–Crippen LogP) is 3.44. The first-order chi connectivity index (χ1) is 45.8. The van der Waals surface area contributed by atoms with Crippen LogP contribution in [0.3, 0.4) is 0 Å². The van der Waals surface area contributed by atoms with Gasteiger partial charge in [0.2, 0.25) is 70.9 Å². The lowest BCUT2D eigenvalue weighted by molar-refractivity contribution is -0.150. The summed E-state index contributed by atoms with van der Waals surface area (Å²) in [7, 11) is 9.64. The van der Waals surface area contributed by atoms with E-state index in [4.69, 9.17) is 11.6 Å². The summed E-state index contributed by atoms with van der Waals surface area (Å²) in [6.07, 6.45) is 1.79. The van der Waals surface area contributed by atoms with Crippen molar-refractivity contribution in [1.82, 2.24) is 60.5 Å². The lowest BCUT2D eigenvalue weighted by Crippen LogP contribution is -2.61. The van der Waals surface area contributed by atoms with Crippen LogP contribution in [0.15, 0.2) is 78.9 Å². The SMILES string of the molecule is CC[C@H](C)[C@@H]1NC(=O)[C@H](C)N(C)C(=O)C[C@H](C(=O)N2CCCCC2)NC(=O)[C@H](CC(C)C)N(C)C(=O)[C@H](Cc2ccccc2)N(C)C(=O)[C@H](CC(C)C)NC(=O)[C@H](Cc2cccc(C#N)c2)NC(=O)CN(C)C(=O)[C@H](Cc2ccc(Cl)cc2)N(C)C(=O)CN(C)C(=O)CN(C)C1=O. The molecule has 2 heterocycles. The molecule has 0 aliphatic carbocycles. The largest absolute Gasteiger partial charge is 0.342 e. The number of carbonyl (C=O) groups is 12. The molecule has 528 valence electrons. The number of nitriles is 1. The number of nitrogens with zero attached hydrogens (tertiary/aromatic N) is 9. The van der Waals surface area contributed by atoms with Crippen LogP contribution >= 0.6 is 11.6 Å². The van der Waals surface area contributed by atoms with Crippen LogP contribution in [0.2, 0.25) is 5.02 Å². The highest BCUT2D eigenvalue weighted by molar-refractivity contribution is 6.30. The molecular formula is C71H100ClN13O12. The molecule has 26 heteroatoms. The monoisotopic (exact) mass is 1360 g/mol. The van der Waals surface area contributed by atoms with Gasteiger partial charge in [-0.25, -0.2) is 0 Å². The maximum absolute atomic E-state index is 15.5. The van der Waals surface area contributed by atoms with Crippen LogP contribution in [0, 0.1) is 29.1 Å². The summed E-state index contributed by atoms with van der Waals surface area (Å²) in [5.74, 6) is -9.46. The third kappa shape index (κ3) is 22.6. The number of hydrogen-bond acceptors (Lipinski definition) is 13. The van der Waals surface area contributed by atoms with E-state index >= 15 is 19.2 Å². The van der Waals surface area contributed by atoms with Gasteiger partial charge in [-0.05, 0) is 97.7 Å². The number of nitrogens with one attached hydrogen (secondary N) is 4. The number of amides is 12. The smallest absolute Gasteiger partial charge is 0.246 e. The average Bonchev–Trinajstić information content (AvgIpc) is 0.825. The maximum atomic E-state index is 15.5. The van der Waals surface area contributed by atoms with Gasteiger partial charge in [-0.15, -0.1) is 0 Å². The van der Waals surface area contributed by atoms with E-state index in [1.54, 1.807) is 90.7 Å². The number of carbonyl (C=O) groups excluding carboxylic acids is 12. The van der Waals surface area contributed by atoms with Crippen LogP contribution in [0.4, 0.5) is 0 Å². The minimum absolute atomic E-state index is 0.0432. The zero-order chi connectivity index (χ0) is 72.1. The molecule has 0 spiro atoms. The highest BCUT2D eigenvalue weighted by Gasteiger charge is 2.42. The second-order valence-corrected chi connectivity index (χ2v) is 27.2. The van der Waals surface area contributed by atoms with Gasteiger partial charge in [-0.3, -0.25) is 57.5 Å². The Morgan fingerprint density at radius 2 is 1.10 bits per heavy atom. The number of rotatable bonds is 13. The molecule has 3 aromatic carbocycles. The Labute approximate surface area is 576 Å². The molecule has 0 radical (unpaired) electrons. The number of hydrogen-bond donors (Lipinski definition) is 4. The summed E-state index contributed by atoms with van der Waals surface area (Å²) in [5.41, 5.74) is 1.96. The van der Waals surface area contributed by atoms with Crippen molar-refractivity contribution >= 4 is 82.5 Å². The number of likely N-dealkylation sites (N-methyl/N-ethyl adjacent to an activating group) is 7. The van der Waals surface area contributed by atoms with Gasteiger partial charge in [0.15, 0.2) is 0 Å². The van der Waals surface area contributed by atoms with Crippen LogP contribution in [-0.2, 0) is 76.8 Å². The molecule has 25 nitrogen and oxygen atoms in total. The van der Waals surface area contributed by atoms with Crippen molar-refractivity contribution in [3.63, 3.8) is 0 Å². The molecule has 5 rings (SSSR count). The van der Waals surface area contributed by atoms with E-state index in [1.807, 2.05) is 34.6 Å². The standard InChI is InChI=1S/C71H100ClN13O12/c1-15-46(6)63-71(97)80(10)42-61(88)78(8)43-62(89)82(12)57(38-49-27-29-52(72)30-28-49)69(95)79(9)41-59(86)74-53(36-50-25-22-26-51(35-50)40-73)65(91)75-54(33-44(2)3)67(93)84(14)58(37-48-23-18-16-19-24-48)70(96)83(13)56(34-45(4)5)66(92)76-55(68(94)85-31-20-17-21-32-85)39-60(87)81(11)47(7)64(90)77-63/h16,18-19,22-30,35,44-47,53-58,63H,15,17,20-21,31-34,36-39,41-43H2,1-14H3,(H,74,86)(H,75,91)(H,76,92)(H,77,90)/t46-,47-,53-,54-,55+,56-,57-,58-,63-/m0/s1. The van der Waals surface area contributed by atoms with Crippen molar-refractivity contribution < 1.29 is 57.5 Å². The number of likely N-dealkylation sites (tertiary alicyclic amines) is 1. The fourth-order valence-electron chi connectivity index (χ4n) is 11.8. The molecule has 2 fully saturated rings. The molecule has 4 N–H and O–H groups in total. The average molecular weight is 1360 g/mol. The van der Waals surface area contributed by atoms with E-state index in [0.29, 0.717) is 54.1 Å². The minimum atomic E-state index is -1.47. The summed E-state index contributed by atoms with van der Waals surface area (Å²) in [6, 6.07) is 13.3. The summed E-state index contributed by atoms with van der Waals surface area (Å²) in [5, 5.41) is 21.5. The Kier molecular flexibility index (Phi) is 30.0. The molecule has 0 aromatic heterocycles. The molecule has 2 saturated heterocycles. The Morgan fingerprint density at radius 3 is 1.70 bits per heavy atom. The van der Waals surface area contributed by atoms with Gasteiger partial charge < -0.3 is 60.5 Å². The van der Waals surface area contributed by atoms with Gasteiger partial charge in [0.25, 0.3) is 0 Å². The molecular weight excluding hydrogens is 1260 g/mol. The summed E-state index contributed by atoms with van der Waals surface area (Å²) in [6.45, 7) is 11.3. The van der Waals surface area contributed by atoms with Gasteiger partial charge in [-0.2, -0.15) is 5.26 Å². The minimum Gasteiger partial charge on any atom is -0.342 e. The van der Waals surface area contributed by atoms with Gasteiger partial charge in [0.05, 0.1) is 37.7 Å². The van der Waals surface area contributed by atoms with Crippen molar-refractivity contribution in [2.45, 2.75) is 161 Å². The Balaban J connectivity index is 1.64. The molecule has 3 aromatic rings. The van der Waals surface area contributed by atoms with Gasteiger partial charge in [-0.1, -0.05) is 114 Å². The van der Waals surface area contributed by atoms with E-state index in [2.05, 4.69) is 27.3 Å². The Morgan fingerprint density at radius 1 is 0.536 bits per heavy atom. The van der Waals surface area contributed by atoms with Crippen LogP contribution in [0.5, 0.6) is 0 Å². The van der Waals surface area contributed by atoms with E-state index in [1.165, 1.54) is 66.1 Å². The zero-order valence-electron chi connectivity index (χ0n) is 58.8. The van der Waals surface area contributed by atoms with E-state index in [9.17, 15) is 43.6 Å². The van der Waals surface area contributed by atoms with Crippen molar-refractivity contribution in [3.05, 3.63) is 106 Å². The van der Waals surface area contributed by atoms with Crippen molar-refractivity contribution in [3.8, 4) is 6.07 Å². The second-order valence-electron chi connectivity index (χ2n) is 26.8. The Bertz CT molecular complexity index is 3320. The van der Waals surface area contributed by atoms with E-state index in [-0.39, 0.29) is 49.5 Å². The quantitative estimate of drug-likeness (QED) is 0.191. The first-order valence-corrected chi connectivity index (χ1v) is 33.7. The van der Waals surface area contributed by atoms with Crippen LogP contribution in [0.1, 0.15) is 116 Å². The highest BCUT2D eigenvalue weighted by atomic mass is 35.5. The fraction of sp³-hybridized carbons (Fsp3) is 0.563. The van der Waals surface area contributed by atoms with E-state index in [0.717, 1.165) is 30.9 Å². The maximum Gasteiger partial charge on any atom is 0.246 e. The van der Waals surface area contributed by atoms with Gasteiger partial charge in [0.1, 0.15) is 48.3 Å².